The van der Waals surface area contributed by atoms with Crippen LogP contribution in [0.1, 0.15) is 31.5 Å². The lowest BCUT2D eigenvalue weighted by molar-refractivity contribution is -0.138. The van der Waals surface area contributed by atoms with Crippen molar-refractivity contribution in [1.29, 1.82) is 0 Å². The Balaban J connectivity index is 2.25. The molecule has 0 bridgehead atoms. The predicted molar refractivity (Wildman–Crippen MR) is 70.9 cm³/mol. The van der Waals surface area contributed by atoms with Gasteiger partial charge in [-0.3, -0.25) is 4.79 Å². The minimum atomic E-state index is -1.07. The number of ether oxygens (including phenoxy) is 1. The largest absolute Gasteiger partial charge is 0.480 e. The first kappa shape index (κ1) is 14.9. The molecular weight excluding hydrogens is 254 g/mol. The predicted octanol–water partition coefficient (Wildman–Crippen LogP) is 1.46. The van der Waals surface area contributed by atoms with E-state index in [4.69, 9.17) is 15.6 Å². The highest BCUT2D eigenvalue weighted by atomic mass is 32.1. The lowest BCUT2D eigenvalue weighted by atomic mass is 10.2. The fourth-order valence-corrected chi connectivity index (χ4v) is 2.03. The molecule has 4 N–H and O–H groups in total. The molecule has 0 radical (unpaired) electrons. The van der Waals surface area contributed by atoms with Crippen molar-refractivity contribution < 1.29 is 14.6 Å². The van der Waals surface area contributed by atoms with Gasteiger partial charge in [0.2, 0.25) is 0 Å². The van der Waals surface area contributed by atoms with Crippen LogP contribution >= 0.6 is 11.3 Å². The van der Waals surface area contributed by atoms with Crippen molar-refractivity contribution in [2.24, 2.45) is 5.73 Å². The minimum absolute atomic E-state index is 0.386. The van der Waals surface area contributed by atoms with Gasteiger partial charge in [-0.1, -0.05) is 6.92 Å². The molecule has 102 valence electrons. The first-order valence-electron chi connectivity index (χ1n) is 5.90. The van der Waals surface area contributed by atoms with Gasteiger partial charge in [0, 0.05) is 25.1 Å². The molecule has 1 aromatic rings. The van der Waals surface area contributed by atoms with Crippen LogP contribution in [0.3, 0.4) is 0 Å². The van der Waals surface area contributed by atoms with Gasteiger partial charge in [-0.15, -0.1) is 11.3 Å². The van der Waals surface area contributed by atoms with Crippen LogP contribution in [0.2, 0.25) is 0 Å². The summed E-state index contributed by atoms with van der Waals surface area (Å²) in [5, 5.41) is 14.2. The van der Waals surface area contributed by atoms with E-state index in [-0.39, 0.29) is 0 Å². The molecule has 0 fully saturated rings. The van der Waals surface area contributed by atoms with Crippen LogP contribution in [0.4, 0.5) is 5.13 Å². The first-order valence-corrected chi connectivity index (χ1v) is 6.78. The lowest BCUT2D eigenvalue weighted by Gasteiger charge is -2.04. The zero-order valence-electron chi connectivity index (χ0n) is 10.4. The summed E-state index contributed by atoms with van der Waals surface area (Å²) in [5.41, 5.74) is 5.84. The van der Waals surface area contributed by atoms with E-state index in [1.165, 1.54) is 11.3 Å². The topological polar surface area (TPSA) is 97.5 Å². The van der Waals surface area contributed by atoms with Crippen LogP contribution < -0.4 is 11.1 Å². The SMILES string of the molecule is CCCOCCCNc1nc(C(N)C(=O)O)cs1. The summed E-state index contributed by atoms with van der Waals surface area (Å²) >= 11 is 1.36. The van der Waals surface area contributed by atoms with E-state index in [9.17, 15) is 4.79 Å². The van der Waals surface area contributed by atoms with Crippen molar-refractivity contribution in [3.05, 3.63) is 11.1 Å². The van der Waals surface area contributed by atoms with Crippen molar-refractivity contribution in [3.8, 4) is 0 Å². The standard InChI is InChI=1S/C11H19N3O3S/c1-2-5-17-6-3-4-13-11-14-8(7-18-11)9(12)10(15)16/h7,9H,2-6,12H2,1H3,(H,13,14)(H,15,16). The molecule has 1 aromatic heterocycles. The van der Waals surface area contributed by atoms with Gasteiger partial charge in [-0.2, -0.15) is 0 Å². The number of carboxylic acids is 1. The number of thiazole rings is 1. The number of carbonyl (C=O) groups is 1. The van der Waals surface area contributed by atoms with Crippen LogP contribution in [-0.4, -0.2) is 35.8 Å². The van der Waals surface area contributed by atoms with E-state index in [1.54, 1.807) is 5.38 Å². The molecule has 0 spiro atoms. The second-order valence-electron chi connectivity index (χ2n) is 3.79. The number of nitrogens with zero attached hydrogens (tertiary/aromatic N) is 1. The number of nitrogens with two attached hydrogens (primary N) is 1. The summed E-state index contributed by atoms with van der Waals surface area (Å²) in [4.78, 5) is 14.8. The number of nitrogens with one attached hydrogen (secondary N) is 1. The van der Waals surface area contributed by atoms with E-state index < -0.39 is 12.0 Å². The third-order valence-electron chi connectivity index (χ3n) is 2.20. The highest BCUT2D eigenvalue weighted by molar-refractivity contribution is 7.13. The van der Waals surface area contributed by atoms with Gasteiger partial charge in [0.15, 0.2) is 5.13 Å². The van der Waals surface area contributed by atoms with Gasteiger partial charge in [0.25, 0.3) is 0 Å². The molecule has 0 aliphatic carbocycles. The van der Waals surface area contributed by atoms with Gasteiger partial charge >= 0.3 is 5.97 Å². The highest BCUT2D eigenvalue weighted by Crippen LogP contribution is 2.19. The molecule has 0 saturated heterocycles. The van der Waals surface area contributed by atoms with E-state index in [0.717, 1.165) is 26.0 Å². The van der Waals surface area contributed by atoms with Crippen molar-refractivity contribution in [3.63, 3.8) is 0 Å². The molecule has 6 nitrogen and oxygen atoms in total. The molecule has 0 amide bonds. The van der Waals surface area contributed by atoms with E-state index in [2.05, 4.69) is 17.2 Å². The maximum atomic E-state index is 10.7. The van der Waals surface area contributed by atoms with E-state index >= 15 is 0 Å². The van der Waals surface area contributed by atoms with E-state index in [0.29, 0.717) is 17.4 Å². The molecule has 7 heteroatoms. The Morgan fingerprint density at radius 2 is 2.44 bits per heavy atom. The Hall–Kier alpha value is -1.18. The van der Waals surface area contributed by atoms with Crippen molar-refractivity contribution in [1.82, 2.24) is 4.98 Å². The maximum Gasteiger partial charge on any atom is 0.326 e. The van der Waals surface area contributed by atoms with Crippen LogP contribution in [0.5, 0.6) is 0 Å². The Kier molecular flexibility index (Phi) is 6.63. The number of aliphatic carboxylic acids is 1. The molecule has 0 aliphatic rings. The zero-order valence-corrected chi connectivity index (χ0v) is 11.2. The van der Waals surface area contributed by atoms with Crippen LogP contribution in [0.15, 0.2) is 5.38 Å². The summed E-state index contributed by atoms with van der Waals surface area (Å²) < 4.78 is 5.34. The third-order valence-corrected chi connectivity index (χ3v) is 3.02. The van der Waals surface area contributed by atoms with E-state index in [1.807, 2.05) is 0 Å². The van der Waals surface area contributed by atoms with Crippen LogP contribution in [0, 0.1) is 0 Å². The maximum absolute atomic E-state index is 10.7. The number of rotatable bonds is 9. The zero-order chi connectivity index (χ0) is 13.4. The first-order chi connectivity index (χ1) is 8.65. The number of hydrogen-bond donors (Lipinski definition) is 3. The quantitative estimate of drug-likeness (QED) is 0.589. The molecule has 0 saturated carbocycles. The molecule has 1 heterocycles. The van der Waals surface area contributed by atoms with Gasteiger partial charge in [-0.25, -0.2) is 4.98 Å². The number of carboxylic acid groups (broad SMARTS) is 1. The van der Waals surface area contributed by atoms with Crippen molar-refractivity contribution in [2.75, 3.05) is 25.1 Å². The number of aromatic nitrogens is 1. The molecule has 1 unspecified atom stereocenters. The van der Waals surface area contributed by atoms with Gasteiger partial charge in [-0.05, 0) is 12.8 Å². The minimum Gasteiger partial charge on any atom is -0.480 e. The Labute approximate surface area is 110 Å². The number of hydrogen-bond acceptors (Lipinski definition) is 6. The summed E-state index contributed by atoms with van der Waals surface area (Å²) in [6.07, 6.45) is 1.91. The second kappa shape index (κ2) is 8.02. The van der Waals surface area contributed by atoms with Gasteiger partial charge in [0.05, 0.1) is 5.69 Å². The molecule has 0 aromatic carbocycles. The smallest absolute Gasteiger partial charge is 0.326 e. The van der Waals surface area contributed by atoms with Crippen molar-refractivity contribution >= 4 is 22.4 Å². The fourth-order valence-electron chi connectivity index (χ4n) is 1.25. The Morgan fingerprint density at radius 3 is 3.11 bits per heavy atom. The summed E-state index contributed by atoms with van der Waals surface area (Å²) in [6.45, 7) is 4.32. The number of anilines is 1. The Morgan fingerprint density at radius 1 is 1.67 bits per heavy atom. The van der Waals surface area contributed by atoms with Crippen molar-refractivity contribution in [2.45, 2.75) is 25.8 Å². The second-order valence-corrected chi connectivity index (χ2v) is 4.64. The van der Waals surface area contributed by atoms with Gasteiger partial charge < -0.3 is 20.9 Å². The normalized spacial score (nSPS) is 12.3. The fraction of sp³-hybridized carbons (Fsp3) is 0.636. The van der Waals surface area contributed by atoms with Crippen LogP contribution in [0.25, 0.3) is 0 Å². The summed E-state index contributed by atoms with van der Waals surface area (Å²) in [6, 6.07) is -1.05. The molecular formula is C11H19N3O3S. The van der Waals surface area contributed by atoms with Gasteiger partial charge in [0.1, 0.15) is 6.04 Å². The Bertz CT molecular complexity index is 370. The lowest BCUT2D eigenvalue weighted by Crippen LogP contribution is -2.21. The highest BCUT2D eigenvalue weighted by Gasteiger charge is 2.17. The summed E-state index contributed by atoms with van der Waals surface area (Å²) in [5.74, 6) is -1.07. The molecule has 1 rings (SSSR count). The molecule has 0 aliphatic heterocycles. The van der Waals surface area contributed by atoms with Crippen LogP contribution in [-0.2, 0) is 9.53 Å². The molecule has 18 heavy (non-hydrogen) atoms. The monoisotopic (exact) mass is 273 g/mol. The third kappa shape index (κ3) is 4.99. The average molecular weight is 273 g/mol. The summed E-state index contributed by atoms with van der Waals surface area (Å²) in [7, 11) is 0. The molecule has 1 atom stereocenters. The average Bonchev–Trinajstić information content (AvgIpc) is 2.81.